The fraction of sp³-hybridized carbons (Fsp3) is 0.375. The summed E-state index contributed by atoms with van der Waals surface area (Å²) in [7, 11) is 0. The first kappa shape index (κ1) is 15.1. The number of rotatable bonds is 5. The van der Waals surface area contributed by atoms with Crippen LogP contribution in [-0.4, -0.2) is 16.5 Å². The number of furan rings is 1. The van der Waals surface area contributed by atoms with Crippen molar-refractivity contribution in [2.45, 2.75) is 33.4 Å². The van der Waals surface area contributed by atoms with Crippen LogP contribution in [0.3, 0.4) is 0 Å². The fourth-order valence-electron chi connectivity index (χ4n) is 1.79. The molecule has 1 N–H and O–H groups in total. The summed E-state index contributed by atoms with van der Waals surface area (Å²) in [5, 5.41) is 2.88. The van der Waals surface area contributed by atoms with E-state index >= 15 is 0 Å². The summed E-state index contributed by atoms with van der Waals surface area (Å²) < 4.78 is 7.04. The molecule has 0 aliphatic carbocycles. The largest absolute Gasteiger partial charge is 0.454 e. The lowest BCUT2D eigenvalue weighted by molar-refractivity contribution is 0.0900. The number of amides is 1. The van der Waals surface area contributed by atoms with Crippen molar-refractivity contribution in [2.75, 3.05) is 0 Å². The molecule has 5 heteroatoms. The van der Waals surface area contributed by atoms with Gasteiger partial charge in [-0.1, -0.05) is 19.9 Å². The summed E-state index contributed by atoms with van der Waals surface area (Å²) in [6, 6.07) is 8.37. The molecule has 0 aliphatic rings. The van der Waals surface area contributed by atoms with Gasteiger partial charge in [0.2, 0.25) is 0 Å². The van der Waals surface area contributed by atoms with Gasteiger partial charge in [-0.2, -0.15) is 0 Å². The average molecular weight is 288 g/mol. The van der Waals surface area contributed by atoms with Gasteiger partial charge in [0.05, 0.1) is 6.54 Å². The van der Waals surface area contributed by atoms with Gasteiger partial charge in [-0.25, -0.2) is 0 Å². The van der Waals surface area contributed by atoms with Gasteiger partial charge >= 0.3 is 0 Å². The van der Waals surface area contributed by atoms with Crippen molar-refractivity contribution < 1.29 is 9.21 Å². The van der Waals surface area contributed by atoms with Crippen molar-refractivity contribution in [3.05, 3.63) is 58.4 Å². The molecule has 0 radical (unpaired) electrons. The molecular formula is C16H20N2O3. The van der Waals surface area contributed by atoms with Crippen molar-refractivity contribution in [2.24, 2.45) is 5.92 Å². The van der Waals surface area contributed by atoms with Crippen LogP contribution in [0.5, 0.6) is 0 Å². The van der Waals surface area contributed by atoms with E-state index in [4.69, 9.17) is 4.42 Å². The third-order valence-electron chi connectivity index (χ3n) is 3.47. The van der Waals surface area contributed by atoms with Gasteiger partial charge in [-0.3, -0.25) is 9.59 Å². The second kappa shape index (κ2) is 6.43. The number of aromatic nitrogens is 1. The van der Waals surface area contributed by atoms with Crippen molar-refractivity contribution in [3.8, 4) is 0 Å². The molecule has 5 nitrogen and oxygen atoms in total. The Labute approximate surface area is 123 Å². The maximum atomic E-state index is 12.0. The summed E-state index contributed by atoms with van der Waals surface area (Å²) in [6.07, 6.45) is 1.69. The smallest absolute Gasteiger partial charge is 0.287 e. The van der Waals surface area contributed by atoms with Crippen LogP contribution >= 0.6 is 0 Å². The first-order chi connectivity index (χ1) is 9.97. The molecule has 2 aromatic heterocycles. The molecule has 2 heterocycles. The molecule has 2 rings (SSSR count). The molecule has 2 aromatic rings. The van der Waals surface area contributed by atoms with E-state index in [2.05, 4.69) is 5.32 Å². The normalized spacial score (nSPS) is 12.4. The summed E-state index contributed by atoms with van der Waals surface area (Å²) in [6.45, 7) is 6.35. The van der Waals surface area contributed by atoms with Crippen LogP contribution < -0.4 is 10.9 Å². The predicted octanol–water partition coefficient (Wildman–Crippen LogP) is 2.26. The zero-order valence-corrected chi connectivity index (χ0v) is 12.5. The van der Waals surface area contributed by atoms with Crippen molar-refractivity contribution in [1.82, 2.24) is 9.88 Å². The Balaban J connectivity index is 2.06. The molecule has 1 atom stereocenters. The van der Waals surface area contributed by atoms with Gasteiger partial charge in [0.15, 0.2) is 5.76 Å². The Hall–Kier alpha value is -2.30. The maximum Gasteiger partial charge on any atom is 0.287 e. The molecule has 0 aromatic carbocycles. The molecule has 112 valence electrons. The number of nitrogens with zero attached hydrogens (tertiary/aromatic N) is 1. The van der Waals surface area contributed by atoms with E-state index in [1.54, 1.807) is 30.5 Å². The number of hydrogen-bond donors (Lipinski definition) is 1. The van der Waals surface area contributed by atoms with Crippen LogP contribution in [0.1, 0.15) is 37.1 Å². The van der Waals surface area contributed by atoms with Crippen LogP contribution in [0.15, 0.2) is 45.7 Å². The highest BCUT2D eigenvalue weighted by Gasteiger charge is 2.15. The molecule has 0 aliphatic heterocycles. The van der Waals surface area contributed by atoms with Crippen molar-refractivity contribution in [3.63, 3.8) is 0 Å². The molecule has 0 saturated carbocycles. The summed E-state index contributed by atoms with van der Waals surface area (Å²) in [5.41, 5.74) is -0.103. The molecule has 0 spiro atoms. The third kappa shape index (κ3) is 3.84. The number of carbonyl (C=O) groups is 1. The van der Waals surface area contributed by atoms with Crippen LogP contribution in [-0.2, 0) is 6.54 Å². The topological polar surface area (TPSA) is 64.2 Å². The van der Waals surface area contributed by atoms with Gasteiger partial charge in [0, 0.05) is 18.3 Å². The highest BCUT2D eigenvalue weighted by molar-refractivity contribution is 5.91. The van der Waals surface area contributed by atoms with E-state index in [-0.39, 0.29) is 23.3 Å². The predicted molar refractivity (Wildman–Crippen MR) is 80.3 cm³/mol. The van der Waals surface area contributed by atoms with Gasteiger partial charge in [-0.05, 0) is 31.0 Å². The van der Waals surface area contributed by atoms with E-state index in [1.807, 2.05) is 20.8 Å². The summed E-state index contributed by atoms with van der Waals surface area (Å²) in [5.74, 6) is 0.960. The number of nitrogens with one attached hydrogen (secondary N) is 1. The van der Waals surface area contributed by atoms with Crippen LogP contribution in [0.25, 0.3) is 0 Å². The quantitative estimate of drug-likeness (QED) is 0.918. The number of pyridine rings is 1. The Morgan fingerprint density at radius 1 is 1.24 bits per heavy atom. The zero-order chi connectivity index (χ0) is 15.4. The lowest BCUT2D eigenvalue weighted by Crippen LogP contribution is -2.35. The first-order valence-corrected chi connectivity index (χ1v) is 7.02. The highest BCUT2D eigenvalue weighted by atomic mass is 16.4. The van der Waals surface area contributed by atoms with Crippen molar-refractivity contribution >= 4 is 5.91 Å². The summed E-state index contributed by atoms with van der Waals surface area (Å²) >= 11 is 0. The Morgan fingerprint density at radius 2 is 2.00 bits per heavy atom. The minimum atomic E-state index is -0.233. The zero-order valence-electron chi connectivity index (χ0n) is 12.5. The number of carbonyl (C=O) groups excluding carboxylic acids is 1. The van der Waals surface area contributed by atoms with E-state index in [0.29, 0.717) is 18.2 Å². The molecule has 21 heavy (non-hydrogen) atoms. The van der Waals surface area contributed by atoms with Crippen molar-refractivity contribution in [1.29, 1.82) is 0 Å². The molecule has 0 bridgehead atoms. The standard InChI is InChI=1S/C16H20N2O3/c1-11(2)12(3)17-16(20)14-8-7-13(21-14)10-18-9-5-4-6-15(18)19/h4-9,11-12H,10H2,1-3H3,(H,17,20)/t12-/m1/s1. The fourth-order valence-corrected chi connectivity index (χ4v) is 1.79. The summed E-state index contributed by atoms with van der Waals surface area (Å²) in [4.78, 5) is 23.6. The first-order valence-electron chi connectivity index (χ1n) is 7.02. The molecule has 1 amide bonds. The Morgan fingerprint density at radius 3 is 2.67 bits per heavy atom. The molecule has 0 unspecified atom stereocenters. The number of hydrogen-bond acceptors (Lipinski definition) is 3. The van der Waals surface area contributed by atoms with Gasteiger partial charge in [0.1, 0.15) is 5.76 Å². The van der Waals surface area contributed by atoms with Crippen LogP contribution in [0.2, 0.25) is 0 Å². The molecule has 0 saturated heterocycles. The lowest BCUT2D eigenvalue weighted by Gasteiger charge is -2.16. The minimum absolute atomic E-state index is 0.0720. The van der Waals surface area contributed by atoms with Crippen LogP contribution in [0.4, 0.5) is 0 Å². The van der Waals surface area contributed by atoms with E-state index in [0.717, 1.165) is 0 Å². The molecule has 0 fully saturated rings. The monoisotopic (exact) mass is 288 g/mol. The second-order valence-electron chi connectivity index (χ2n) is 5.44. The van der Waals surface area contributed by atoms with E-state index in [9.17, 15) is 9.59 Å². The second-order valence-corrected chi connectivity index (χ2v) is 5.44. The molecular weight excluding hydrogens is 268 g/mol. The minimum Gasteiger partial charge on any atom is -0.454 e. The van der Waals surface area contributed by atoms with E-state index in [1.165, 1.54) is 10.6 Å². The SMILES string of the molecule is CC(C)[C@@H](C)NC(=O)c1ccc(Cn2ccccc2=O)o1. The average Bonchev–Trinajstić information content (AvgIpc) is 2.90. The van der Waals surface area contributed by atoms with Gasteiger partial charge in [-0.15, -0.1) is 0 Å². The van der Waals surface area contributed by atoms with E-state index < -0.39 is 0 Å². The van der Waals surface area contributed by atoms with Gasteiger partial charge < -0.3 is 14.3 Å². The highest BCUT2D eigenvalue weighted by Crippen LogP contribution is 2.10. The Kier molecular flexibility index (Phi) is 4.62. The third-order valence-corrected chi connectivity index (χ3v) is 3.47. The Bertz CT molecular complexity index is 670. The van der Waals surface area contributed by atoms with Gasteiger partial charge in [0.25, 0.3) is 11.5 Å². The maximum absolute atomic E-state index is 12.0. The van der Waals surface area contributed by atoms with Crippen LogP contribution in [0, 0.1) is 5.92 Å². The lowest BCUT2D eigenvalue weighted by atomic mass is 10.1.